The maximum absolute atomic E-state index is 10.2. The highest BCUT2D eigenvalue weighted by Gasteiger charge is 2.11. The van der Waals surface area contributed by atoms with Crippen molar-refractivity contribution in [3.63, 3.8) is 0 Å². The third-order valence-corrected chi connectivity index (χ3v) is 7.20. The number of unbranched alkanes of at least 4 members (excludes halogenated alkanes) is 22. The zero-order valence-corrected chi connectivity index (χ0v) is 24.1. The Morgan fingerprint density at radius 3 is 1.37 bits per heavy atom. The van der Waals surface area contributed by atoms with E-state index < -0.39 is 6.10 Å². The van der Waals surface area contributed by atoms with Gasteiger partial charge in [-0.1, -0.05) is 161 Å². The Balaban J connectivity index is 3.36. The van der Waals surface area contributed by atoms with Crippen molar-refractivity contribution >= 4 is 0 Å². The lowest BCUT2D eigenvalue weighted by atomic mass is 10.0. The number of nitrogens with two attached hydrogens (primary N) is 1. The fourth-order valence-corrected chi connectivity index (χ4v) is 4.67. The van der Waals surface area contributed by atoms with Crippen LogP contribution in [0.3, 0.4) is 0 Å². The largest absolute Gasteiger partial charge is 0.387 e. The Morgan fingerprint density at radius 1 is 0.571 bits per heavy atom. The fourth-order valence-electron chi connectivity index (χ4n) is 4.67. The lowest BCUT2D eigenvalue weighted by Gasteiger charge is -2.15. The van der Waals surface area contributed by atoms with Gasteiger partial charge in [0.25, 0.3) is 0 Å². The van der Waals surface area contributed by atoms with E-state index in [0.717, 1.165) is 19.4 Å². The number of aliphatic hydroxyl groups is 1. The Kier molecular flexibility index (Phi) is 29.5. The Bertz CT molecular complexity index is 412. The molecule has 0 saturated carbocycles. The lowest BCUT2D eigenvalue weighted by Crippen LogP contribution is -2.37. The van der Waals surface area contributed by atoms with E-state index in [4.69, 9.17) is 10.5 Å². The molecule has 0 aliphatic rings. The first-order valence-electron chi connectivity index (χ1n) is 15.9. The first kappa shape index (κ1) is 34.6. The van der Waals surface area contributed by atoms with Gasteiger partial charge < -0.3 is 15.6 Å². The molecule has 35 heavy (non-hydrogen) atoms. The average Bonchev–Trinajstić information content (AvgIpc) is 2.86. The predicted molar refractivity (Wildman–Crippen MR) is 156 cm³/mol. The Hall–Kier alpha value is -0.380. The van der Waals surface area contributed by atoms with Gasteiger partial charge in [0.15, 0.2) is 0 Å². The molecular formula is C32H65NO2. The molecule has 0 fully saturated rings. The van der Waals surface area contributed by atoms with Gasteiger partial charge >= 0.3 is 0 Å². The Labute approximate surface area is 221 Å². The van der Waals surface area contributed by atoms with E-state index in [1.165, 1.54) is 141 Å². The van der Waals surface area contributed by atoms with Gasteiger partial charge in [0, 0.05) is 6.61 Å². The minimum Gasteiger partial charge on any atom is -0.387 e. The van der Waals surface area contributed by atoms with Crippen LogP contribution < -0.4 is 5.73 Å². The number of ether oxygens (including phenoxy) is 1. The summed E-state index contributed by atoms with van der Waals surface area (Å²) in [6, 6.07) is -0.319. The molecule has 0 aliphatic carbocycles. The molecule has 2 unspecified atom stereocenters. The van der Waals surface area contributed by atoms with Crippen LogP contribution in [-0.4, -0.2) is 30.5 Å². The van der Waals surface area contributed by atoms with Gasteiger partial charge in [-0.05, 0) is 19.3 Å². The van der Waals surface area contributed by atoms with Crippen molar-refractivity contribution in [2.45, 2.75) is 180 Å². The summed E-state index contributed by atoms with van der Waals surface area (Å²) < 4.78 is 5.71. The van der Waals surface area contributed by atoms with Crippen LogP contribution in [0.1, 0.15) is 168 Å². The van der Waals surface area contributed by atoms with Crippen LogP contribution in [0.25, 0.3) is 0 Å². The molecule has 0 saturated heterocycles. The molecule has 0 heterocycles. The molecule has 0 aliphatic heterocycles. The summed E-state index contributed by atoms with van der Waals surface area (Å²) in [5.41, 5.74) is 6.09. The second-order valence-electron chi connectivity index (χ2n) is 10.9. The standard InChI is InChI=1S/C32H65NO2/c1-3-5-7-9-11-13-15-17-18-20-22-24-26-28-32(34)31(33)30-35-29-27-25-23-21-19-16-14-12-10-8-6-4-2/h26,28,31-32,34H,3-25,27,29-30,33H2,1-2H3. The average molecular weight is 496 g/mol. The maximum atomic E-state index is 10.2. The van der Waals surface area contributed by atoms with Gasteiger partial charge in [0.05, 0.1) is 18.8 Å². The molecule has 0 aromatic rings. The van der Waals surface area contributed by atoms with Crippen molar-refractivity contribution < 1.29 is 9.84 Å². The minimum absolute atomic E-state index is 0.319. The highest BCUT2D eigenvalue weighted by molar-refractivity contribution is 4.93. The topological polar surface area (TPSA) is 55.5 Å². The molecular weight excluding hydrogens is 430 g/mol. The SMILES string of the molecule is CCCCCCCCCCCCCC=CC(O)C(N)COCCCCCCCCCCCCCC. The smallest absolute Gasteiger partial charge is 0.0894 e. The second-order valence-corrected chi connectivity index (χ2v) is 10.9. The summed E-state index contributed by atoms with van der Waals surface area (Å²) in [5.74, 6) is 0. The summed E-state index contributed by atoms with van der Waals surface area (Å²) in [5, 5.41) is 10.2. The van der Waals surface area contributed by atoms with Gasteiger partial charge in [0.1, 0.15) is 0 Å². The number of aliphatic hydroxyl groups excluding tert-OH is 1. The number of hydrogen-bond donors (Lipinski definition) is 2. The van der Waals surface area contributed by atoms with Crippen molar-refractivity contribution in [3.8, 4) is 0 Å². The summed E-state index contributed by atoms with van der Waals surface area (Å²) in [7, 11) is 0. The van der Waals surface area contributed by atoms with Crippen LogP contribution in [0.15, 0.2) is 12.2 Å². The second kappa shape index (κ2) is 29.8. The van der Waals surface area contributed by atoms with Crippen LogP contribution in [0.4, 0.5) is 0 Å². The van der Waals surface area contributed by atoms with E-state index in [-0.39, 0.29) is 6.04 Å². The molecule has 3 nitrogen and oxygen atoms in total. The molecule has 0 spiro atoms. The molecule has 3 N–H and O–H groups in total. The summed E-state index contributed by atoms with van der Waals surface area (Å²) >= 11 is 0. The molecule has 210 valence electrons. The quantitative estimate of drug-likeness (QED) is 0.0802. The van der Waals surface area contributed by atoms with Crippen LogP contribution in [0.5, 0.6) is 0 Å². The number of allylic oxidation sites excluding steroid dienone is 1. The number of rotatable bonds is 29. The molecule has 0 rings (SSSR count). The zero-order valence-electron chi connectivity index (χ0n) is 24.1. The third kappa shape index (κ3) is 28.0. The van der Waals surface area contributed by atoms with Crippen molar-refractivity contribution in [3.05, 3.63) is 12.2 Å². The van der Waals surface area contributed by atoms with Crippen molar-refractivity contribution in [2.24, 2.45) is 5.73 Å². The van der Waals surface area contributed by atoms with E-state index in [2.05, 4.69) is 19.9 Å². The summed E-state index contributed by atoms with van der Waals surface area (Å²) in [4.78, 5) is 0. The van der Waals surface area contributed by atoms with Gasteiger partial charge in [-0.25, -0.2) is 0 Å². The van der Waals surface area contributed by atoms with Crippen LogP contribution >= 0.6 is 0 Å². The van der Waals surface area contributed by atoms with Gasteiger partial charge in [-0.15, -0.1) is 0 Å². The highest BCUT2D eigenvalue weighted by Crippen LogP contribution is 2.13. The predicted octanol–water partition coefficient (Wildman–Crippen LogP) is 9.65. The van der Waals surface area contributed by atoms with Crippen LogP contribution in [0, 0.1) is 0 Å². The molecule has 0 aromatic heterocycles. The minimum atomic E-state index is -0.593. The van der Waals surface area contributed by atoms with Gasteiger partial charge in [0.2, 0.25) is 0 Å². The van der Waals surface area contributed by atoms with E-state index in [9.17, 15) is 5.11 Å². The van der Waals surface area contributed by atoms with E-state index in [0.29, 0.717) is 6.61 Å². The van der Waals surface area contributed by atoms with Gasteiger partial charge in [-0.3, -0.25) is 0 Å². The zero-order chi connectivity index (χ0) is 25.7. The molecule has 0 aromatic carbocycles. The van der Waals surface area contributed by atoms with Crippen molar-refractivity contribution in [2.75, 3.05) is 13.2 Å². The van der Waals surface area contributed by atoms with Crippen LogP contribution in [-0.2, 0) is 4.74 Å². The molecule has 0 bridgehead atoms. The number of hydrogen-bond acceptors (Lipinski definition) is 3. The summed E-state index contributed by atoms with van der Waals surface area (Å²) in [6.45, 7) is 5.77. The maximum Gasteiger partial charge on any atom is 0.0894 e. The van der Waals surface area contributed by atoms with E-state index in [1.807, 2.05) is 6.08 Å². The lowest BCUT2D eigenvalue weighted by molar-refractivity contribution is 0.0783. The van der Waals surface area contributed by atoms with Crippen molar-refractivity contribution in [1.82, 2.24) is 0 Å². The fraction of sp³-hybridized carbons (Fsp3) is 0.938. The summed E-state index contributed by atoms with van der Waals surface area (Å²) in [6.07, 6.45) is 35.7. The van der Waals surface area contributed by atoms with Crippen molar-refractivity contribution in [1.29, 1.82) is 0 Å². The van der Waals surface area contributed by atoms with E-state index in [1.54, 1.807) is 0 Å². The molecule has 3 heteroatoms. The molecule has 2 atom stereocenters. The first-order chi connectivity index (χ1) is 17.2. The molecule has 0 radical (unpaired) electrons. The third-order valence-electron chi connectivity index (χ3n) is 7.20. The highest BCUT2D eigenvalue weighted by atomic mass is 16.5. The monoisotopic (exact) mass is 496 g/mol. The normalized spacial score (nSPS) is 13.6. The molecule has 0 amide bonds. The van der Waals surface area contributed by atoms with E-state index >= 15 is 0 Å². The Morgan fingerprint density at radius 2 is 0.943 bits per heavy atom. The van der Waals surface area contributed by atoms with Gasteiger partial charge in [-0.2, -0.15) is 0 Å². The first-order valence-corrected chi connectivity index (χ1v) is 15.9. The van der Waals surface area contributed by atoms with Crippen LogP contribution in [0.2, 0.25) is 0 Å².